The van der Waals surface area contributed by atoms with E-state index in [-0.39, 0.29) is 6.10 Å². The first-order valence-electron chi connectivity index (χ1n) is 8.16. The van der Waals surface area contributed by atoms with E-state index in [1.54, 1.807) is 6.20 Å². The Bertz CT molecular complexity index is 417. The molecule has 1 aromatic heterocycles. The third-order valence-electron chi connectivity index (χ3n) is 3.83. The Morgan fingerprint density at radius 1 is 1.43 bits per heavy atom. The van der Waals surface area contributed by atoms with E-state index >= 15 is 0 Å². The first-order valence-corrected chi connectivity index (χ1v) is 8.16. The summed E-state index contributed by atoms with van der Waals surface area (Å²) in [5.41, 5.74) is 0. The number of hydrogen-bond acceptors (Lipinski definition) is 4. The highest BCUT2D eigenvalue weighted by molar-refractivity contribution is 5.32. The lowest BCUT2D eigenvalue weighted by molar-refractivity contribution is 0.104. The summed E-state index contributed by atoms with van der Waals surface area (Å²) < 4.78 is 12.0. The quantitative estimate of drug-likeness (QED) is 0.837. The smallest absolute Gasteiger partial charge is 0.257 e. The molecule has 0 aromatic carbocycles. The van der Waals surface area contributed by atoms with Crippen LogP contribution in [-0.4, -0.2) is 30.8 Å². The van der Waals surface area contributed by atoms with E-state index in [4.69, 9.17) is 9.47 Å². The van der Waals surface area contributed by atoms with Crippen molar-refractivity contribution >= 4 is 0 Å². The van der Waals surface area contributed by atoms with E-state index in [1.807, 2.05) is 12.1 Å². The molecule has 2 atom stereocenters. The molecular formula is C17H28N2O2. The van der Waals surface area contributed by atoms with Crippen LogP contribution in [0.4, 0.5) is 0 Å². The summed E-state index contributed by atoms with van der Waals surface area (Å²) >= 11 is 0. The van der Waals surface area contributed by atoms with E-state index in [9.17, 15) is 0 Å². The van der Waals surface area contributed by atoms with Gasteiger partial charge >= 0.3 is 0 Å². The van der Waals surface area contributed by atoms with Crippen molar-refractivity contribution < 1.29 is 9.47 Å². The first kappa shape index (κ1) is 16.1. The molecule has 1 N–H and O–H groups in total. The predicted molar refractivity (Wildman–Crippen MR) is 84.9 cm³/mol. The molecule has 4 heteroatoms. The molecule has 0 bridgehead atoms. The number of pyridine rings is 1. The van der Waals surface area contributed by atoms with Gasteiger partial charge in [0.1, 0.15) is 6.10 Å². The number of hydrogen-bond donors (Lipinski definition) is 1. The van der Waals surface area contributed by atoms with E-state index < -0.39 is 0 Å². The maximum Gasteiger partial charge on any atom is 0.257 e. The number of nitrogens with zero attached hydrogens (tertiary/aromatic N) is 1. The normalized spacial score (nSPS) is 20.3. The number of aromatic nitrogens is 1. The Labute approximate surface area is 128 Å². The van der Waals surface area contributed by atoms with Gasteiger partial charge in [0, 0.05) is 18.7 Å². The van der Waals surface area contributed by atoms with Crippen LogP contribution in [0.3, 0.4) is 0 Å². The lowest BCUT2D eigenvalue weighted by Crippen LogP contribution is -2.39. The Morgan fingerprint density at radius 3 is 2.95 bits per heavy atom. The van der Waals surface area contributed by atoms with Gasteiger partial charge in [0.2, 0.25) is 0 Å². The highest BCUT2D eigenvalue weighted by atomic mass is 16.5. The van der Waals surface area contributed by atoms with Gasteiger partial charge in [-0.3, -0.25) is 0 Å². The Morgan fingerprint density at radius 2 is 2.29 bits per heavy atom. The zero-order chi connectivity index (χ0) is 15.1. The number of nitrogens with one attached hydrogen (secondary N) is 1. The molecule has 0 aliphatic carbocycles. The molecule has 0 amide bonds. The summed E-state index contributed by atoms with van der Waals surface area (Å²) in [7, 11) is 0. The van der Waals surface area contributed by atoms with Gasteiger partial charge in [-0.15, -0.1) is 0 Å². The average molecular weight is 292 g/mol. The van der Waals surface area contributed by atoms with E-state index in [1.165, 1.54) is 12.8 Å². The fourth-order valence-corrected chi connectivity index (χ4v) is 2.69. The van der Waals surface area contributed by atoms with Crippen molar-refractivity contribution in [2.45, 2.75) is 46.1 Å². The van der Waals surface area contributed by atoms with Gasteiger partial charge in [-0.2, -0.15) is 0 Å². The number of rotatable bonds is 7. The first-order chi connectivity index (χ1) is 10.2. The third-order valence-corrected chi connectivity index (χ3v) is 3.83. The van der Waals surface area contributed by atoms with Crippen molar-refractivity contribution in [1.29, 1.82) is 0 Å². The van der Waals surface area contributed by atoms with Gasteiger partial charge < -0.3 is 14.8 Å². The predicted octanol–water partition coefficient (Wildman–Crippen LogP) is 3.27. The number of piperidine rings is 1. The van der Waals surface area contributed by atoms with E-state index in [2.05, 4.69) is 31.1 Å². The second-order valence-electron chi connectivity index (χ2n) is 6.18. The molecule has 1 aliphatic heterocycles. The van der Waals surface area contributed by atoms with Crippen LogP contribution >= 0.6 is 0 Å². The molecular weight excluding hydrogens is 264 g/mol. The second-order valence-corrected chi connectivity index (χ2v) is 6.18. The van der Waals surface area contributed by atoms with Crippen molar-refractivity contribution in [2.75, 3.05) is 19.7 Å². The summed E-state index contributed by atoms with van der Waals surface area (Å²) in [5.74, 6) is 2.44. The van der Waals surface area contributed by atoms with E-state index in [0.717, 1.165) is 25.3 Å². The average Bonchev–Trinajstić information content (AvgIpc) is 2.52. The van der Waals surface area contributed by atoms with E-state index in [0.29, 0.717) is 24.3 Å². The van der Waals surface area contributed by atoms with Crippen LogP contribution in [0.25, 0.3) is 0 Å². The summed E-state index contributed by atoms with van der Waals surface area (Å²) in [6, 6.07) is 3.87. The van der Waals surface area contributed by atoms with Crippen LogP contribution in [0.15, 0.2) is 18.3 Å². The molecule has 0 radical (unpaired) electrons. The van der Waals surface area contributed by atoms with Gasteiger partial charge in [-0.25, -0.2) is 4.98 Å². The van der Waals surface area contributed by atoms with Crippen LogP contribution in [-0.2, 0) is 0 Å². The van der Waals surface area contributed by atoms with Gasteiger partial charge in [0.05, 0.1) is 6.61 Å². The maximum atomic E-state index is 6.24. The number of ether oxygens (including phenoxy) is 2. The molecule has 2 heterocycles. The van der Waals surface area contributed by atoms with Crippen LogP contribution in [0, 0.1) is 11.8 Å². The Balaban J connectivity index is 2.02. The minimum atomic E-state index is 0.225. The standard InChI is InChI=1S/C17H28N2O2/c1-4-15(14-7-5-9-18-11-14)21-16-8-6-10-19-17(16)20-12-13(2)3/h6,8,10,13-15,18H,4-5,7,9,11-12H2,1-3H3/t14-,15-/m0/s1. The van der Waals surface area contributed by atoms with Gasteiger partial charge in [0.15, 0.2) is 5.75 Å². The van der Waals surface area contributed by atoms with Gasteiger partial charge in [-0.1, -0.05) is 20.8 Å². The van der Waals surface area contributed by atoms with Crippen LogP contribution < -0.4 is 14.8 Å². The molecule has 0 unspecified atom stereocenters. The maximum absolute atomic E-state index is 6.24. The highest BCUT2D eigenvalue weighted by Gasteiger charge is 2.24. The van der Waals surface area contributed by atoms with Crippen molar-refractivity contribution in [2.24, 2.45) is 11.8 Å². The Hall–Kier alpha value is -1.29. The zero-order valence-electron chi connectivity index (χ0n) is 13.5. The molecule has 1 fully saturated rings. The molecule has 0 spiro atoms. The van der Waals surface area contributed by atoms with Crippen LogP contribution in [0.2, 0.25) is 0 Å². The summed E-state index contributed by atoms with van der Waals surface area (Å²) in [4.78, 5) is 4.32. The highest BCUT2D eigenvalue weighted by Crippen LogP contribution is 2.29. The molecule has 1 aromatic rings. The minimum absolute atomic E-state index is 0.225. The molecule has 1 saturated heterocycles. The topological polar surface area (TPSA) is 43.4 Å². The van der Waals surface area contributed by atoms with Crippen molar-refractivity contribution in [1.82, 2.24) is 10.3 Å². The van der Waals surface area contributed by atoms with Gasteiger partial charge in [-0.05, 0) is 43.9 Å². The fourth-order valence-electron chi connectivity index (χ4n) is 2.69. The van der Waals surface area contributed by atoms with Crippen molar-refractivity contribution in [3.63, 3.8) is 0 Å². The minimum Gasteiger partial charge on any atom is -0.484 e. The van der Waals surface area contributed by atoms with Crippen LogP contribution in [0.1, 0.15) is 40.0 Å². The molecule has 0 saturated carbocycles. The lowest BCUT2D eigenvalue weighted by Gasteiger charge is -2.30. The molecule has 2 rings (SSSR count). The summed E-state index contributed by atoms with van der Waals surface area (Å²) in [6.07, 6.45) is 5.45. The fraction of sp³-hybridized carbons (Fsp3) is 0.706. The summed E-state index contributed by atoms with van der Waals surface area (Å²) in [6.45, 7) is 9.28. The van der Waals surface area contributed by atoms with Crippen molar-refractivity contribution in [3.05, 3.63) is 18.3 Å². The third kappa shape index (κ3) is 4.88. The van der Waals surface area contributed by atoms with Crippen molar-refractivity contribution in [3.8, 4) is 11.6 Å². The molecule has 1 aliphatic rings. The monoisotopic (exact) mass is 292 g/mol. The Kier molecular flexibility index (Phi) is 6.30. The zero-order valence-corrected chi connectivity index (χ0v) is 13.5. The lowest BCUT2D eigenvalue weighted by atomic mass is 9.92. The molecule has 4 nitrogen and oxygen atoms in total. The van der Waals surface area contributed by atoms with Gasteiger partial charge in [0.25, 0.3) is 5.88 Å². The SMILES string of the molecule is CC[C@H](Oc1cccnc1OCC(C)C)[C@H]1CCCNC1. The van der Waals surface area contributed by atoms with Crippen LogP contribution in [0.5, 0.6) is 11.6 Å². The second kappa shape index (κ2) is 8.23. The molecule has 21 heavy (non-hydrogen) atoms. The largest absolute Gasteiger partial charge is 0.484 e. The summed E-state index contributed by atoms with van der Waals surface area (Å²) in [5, 5.41) is 3.46. The molecule has 118 valence electrons.